The highest BCUT2D eigenvalue weighted by atomic mass is 16.5. The van der Waals surface area contributed by atoms with Crippen LogP contribution in [0.3, 0.4) is 0 Å². The standard InChI is InChI=1S/C25H33N3O3/c1-5-28(6-2)23(21-13-10-14-22(17-21)31-4)18-26-25(30)19(3)27-24(29)16-15-20-11-8-7-9-12-20/h7-17,19,23H,5-6,18H2,1-4H3,(H,26,30)(H,27,29)/b16-15+/t19-,23+/m0/s1. The van der Waals surface area contributed by atoms with Gasteiger partial charge in [0, 0.05) is 12.6 Å². The van der Waals surface area contributed by atoms with Gasteiger partial charge in [0.1, 0.15) is 11.8 Å². The lowest BCUT2D eigenvalue weighted by Crippen LogP contribution is -2.47. The van der Waals surface area contributed by atoms with E-state index in [2.05, 4.69) is 29.4 Å². The SMILES string of the molecule is CCN(CC)[C@H](CNC(=O)[C@H](C)NC(=O)/C=C/c1ccccc1)c1cccc(OC)c1. The van der Waals surface area contributed by atoms with Crippen molar-refractivity contribution in [3.05, 3.63) is 71.8 Å². The van der Waals surface area contributed by atoms with E-state index in [1.807, 2.05) is 54.6 Å². The molecule has 31 heavy (non-hydrogen) atoms. The van der Waals surface area contributed by atoms with Gasteiger partial charge in [-0.1, -0.05) is 56.3 Å². The molecular weight excluding hydrogens is 390 g/mol. The number of carbonyl (C=O) groups is 2. The summed E-state index contributed by atoms with van der Waals surface area (Å²) in [5.41, 5.74) is 2.00. The highest BCUT2D eigenvalue weighted by Crippen LogP contribution is 2.23. The second kappa shape index (κ2) is 12.5. The van der Waals surface area contributed by atoms with E-state index in [0.717, 1.165) is 30.0 Å². The third kappa shape index (κ3) is 7.57. The number of rotatable bonds is 11. The summed E-state index contributed by atoms with van der Waals surface area (Å²) in [4.78, 5) is 27.1. The summed E-state index contributed by atoms with van der Waals surface area (Å²) in [6.45, 7) is 8.02. The van der Waals surface area contributed by atoms with Crippen LogP contribution in [0.2, 0.25) is 0 Å². The van der Waals surface area contributed by atoms with Gasteiger partial charge in [0.2, 0.25) is 11.8 Å². The molecule has 166 valence electrons. The van der Waals surface area contributed by atoms with Gasteiger partial charge in [0.05, 0.1) is 13.2 Å². The van der Waals surface area contributed by atoms with Crippen LogP contribution in [-0.4, -0.2) is 49.5 Å². The van der Waals surface area contributed by atoms with Gasteiger partial charge in [-0.05, 0) is 49.3 Å². The Labute approximate surface area is 185 Å². The minimum absolute atomic E-state index is 0.00919. The van der Waals surface area contributed by atoms with Crippen molar-refractivity contribution in [3.8, 4) is 5.75 Å². The molecule has 2 atom stereocenters. The van der Waals surface area contributed by atoms with E-state index in [9.17, 15) is 9.59 Å². The highest BCUT2D eigenvalue weighted by Gasteiger charge is 2.21. The normalized spacial score (nSPS) is 13.1. The fourth-order valence-corrected chi connectivity index (χ4v) is 3.38. The summed E-state index contributed by atoms with van der Waals surface area (Å²) in [6, 6.07) is 16.8. The number of amides is 2. The van der Waals surface area contributed by atoms with E-state index in [1.54, 1.807) is 20.1 Å². The molecule has 2 aromatic carbocycles. The molecule has 0 aliphatic heterocycles. The van der Waals surface area contributed by atoms with Gasteiger partial charge in [-0.25, -0.2) is 0 Å². The van der Waals surface area contributed by atoms with Crippen LogP contribution in [-0.2, 0) is 9.59 Å². The van der Waals surface area contributed by atoms with Crippen molar-refractivity contribution in [1.29, 1.82) is 0 Å². The molecule has 2 rings (SSSR count). The van der Waals surface area contributed by atoms with Gasteiger partial charge in [-0.2, -0.15) is 0 Å². The lowest BCUT2D eigenvalue weighted by atomic mass is 10.0. The third-order valence-corrected chi connectivity index (χ3v) is 5.18. The molecule has 0 saturated carbocycles. The largest absolute Gasteiger partial charge is 0.497 e. The Hall–Kier alpha value is -3.12. The summed E-state index contributed by atoms with van der Waals surface area (Å²) in [5.74, 6) is 0.257. The Balaban J connectivity index is 1.97. The number of nitrogens with zero attached hydrogens (tertiary/aromatic N) is 1. The van der Waals surface area contributed by atoms with Crippen LogP contribution in [0.5, 0.6) is 5.75 Å². The number of methoxy groups -OCH3 is 1. The number of carbonyl (C=O) groups excluding carboxylic acids is 2. The zero-order chi connectivity index (χ0) is 22.6. The van der Waals surface area contributed by atoms with Crippen LogP contribution in [0, 0.1) is 0 Å². The molecular formula is C25H33N3O3. The Morgan fingerprint density at radius 2 is 1.77 bits per heavy atom. The van der Waals surface area contributed by atoms with Crippen molar-refractivity contribution in [1.82, 2.24) is 15.5 Å². The van der Waals surface area contributed by atoms with Crippen LogP contribution >= 0.6 is 0 Å². The molecule has 0 aliphatic carbocycles. The molecule has 0 radical (unpaired) electrons. The summed E-state index contributed by atoms with van der Waals surface area (Å²) < 4.78 is 5.35. The number of nitrogens with one attached hydrogen (secondary N) is 2. The minimum Gasteiger partial charge on any atom is -0.497 e. The van der Waals surface area contributed by atoms with Crippen molar-refractivity contribution in [2.75, 3.05) is 26.7 Å². The molecule has 0 bridgehead atoms. The highest BCUT2D eigenvalue weighted by molar-refractivity contribution is 5.95. The number of likely N-dealkylation sites (N-methyl/N-ethyl adjacent to an activating group) is 1. The maximum Gasteiger partial charge on any atom is 0.244 e. The monoisotopic (exact) mass is 423 g/mol. The molecule has 2 amide bonds. The molecule has 2 N–H and O–H groups in total. The van der Waals surface area contributed by atoms with Gasteiger partial charge in [-0.15, -0.1) is 0 Å². The van der Waals surface area contributed by atoms with E-state index >= 15 is 0 Å². The summed E-state index contributed by atoms with van der Waals surface area (Å²) >= 11 is 0. The van der Waals surface area contributed by atoms with Gasteiger partial charge in [-0.3, -0.25) is 14.5 Å². The van der Waals surface area contributed by atoms with E-state index in [1.165, 1.54) is 6.08 Å². The first-order valence-corrected chi connectivity index (χ1v) is 10.7. The van der Waals surface area contributed by atoms with Gasteiger partial charge in [0.25, 0.3) is 0 Å². The van der Waals surface area contributed by atoms with Crippen LogP contribution in [0.15, 0.2) is 60.7 Å². The van der Waals surface area contributed by atoms with E-state index in [-0.39, 0.29) is 17.9 Å². The lowest BCUT2D eigenvalue weighted by molar-refractivity contribution is -0.126. The first kappa shape index (κ1) is 24.2. The predicted molar refractivity (Wildman–Crippen MR) is 125 cm³/mol. The second-order valence-corrected chi connectivity index (χ2v) is 7.23. The van der Waals surface area contributed by atoms with E-state index < -0.39 is 6.04 Å². The van der Waals surface area contributed by atoms with Gasteiger partial charge < -0.3 is 15.4 Å². The average Bonchev–Trinajstić information content (AvgIpc) is 2.80. The Morgan fingerprint density at radius 3 is 2.42 bits per heavy atom. The van der Waals surface area contributed by atoms with Crippen LogP contribution in [0.1, 0.15) is 37.9 Å². The van der Waals surface area contributed by atoms with Crippen LogP contribution in [0.25, 0.3) is 6.08 Å². The molecule has 0 saturated heterocycles. The smallest absolute Gasteiger partial charge is 0.244 e. The Kier molecular flexibility index (Phi) is 9.78. The van der Waals surface area contributed by atoms with Crippen LogP contribution in [0.4, 0.5) is 0 Å². The summed E-state index contributed by atoms with van der Waals surface area (Å²) in [5, 5.41) is 5.70. The molecule has 0 heterocycles. The van der Waals surface area contributed by atoms with Crippen molar-refractivity contribution < 1.29 is 14.3 Å². The maximum absolute atomic E-state index is 12.6. The first-order chi connectivity index (χ1) is 15.0. The second-order valence-electron chi connectivity index (χ2n) is 7.23. The van der Waals surface area contributed by atoms with Crippen LogP contribution < -0.4 is 15.4 Å². The van der Waals surface area contributed by atoms with Gasteiger partial charge >= 0.3 is 0 Å². The topological polar surface area (TPSA) is 70.7 Å². The molecule has 6 nitrogen and oxygen atoms in total. The van der Waals surface area contributed by atoms with Crippen molar-refractivity contribution >= 4 is 17.9 Å². The number of benzene rings is 2. The predicted octanol–water partition coefficient (Wildman–Crippen LogP) is 3.41. The van der Waals surface area contributed by atoms with Crippen molar-refractivity contribution in [2.45, 2.75) is 32.9 Å². The fraction of sp³-hybridized carbons (Fsp3) is 0.360. The van der Waals surface area contributed by atoms with Gasteiger partial charge in [0.15, 0.2) is 0 Å². The molecule has 0 aliphatic rings. The molecule has 2 aromatic rings. The maximum atomic E-state index is 12.6. The minimum atomic E-state index is -0.643. The fourth-order valence-electron chi connectivity index (χ4n) is 3.38. The summed E-state index contributed by atoms with van der Waals surface area (Å²) in [7, 11) is 1.64. The molecule has 0 spiro atoms. The third-order valence-electron chi connectivity index (χ3n) is 5.18. The van der Waals surface area contributed by atoms with E-state index in [0.29, 0.717) is 6.54 Å². The average molecular weight is 424 g/mol. The zero-order valence-electron chi connectivity index (χ0n) is 18.8. The van der Waals surface area contributed by atoms with Crippen molar-refractivity contribution in [3.63, 3.8) is 0 Å². The molecule has 6 heteroatoms. The number of hydrogen-bond acceptors (Lipinski definition) is 4. The molecule has 0 aromatic heterocycles. The van der Waals surface area contributed by atoms with Crippen molar-refractivity contribution in [2.24, 2.45) is 0 Å². The first-order valence-electron chi connectivity index (χ1n) is 10.7. The molecule has 0 unspecified atom stereocenters. The Morgan fingerprint density at radius 1 is 1.06 bits per heavy atom. The zero-order valence-corrected chi connectivity index (χ0v) is 18.8. The number of hydrogen-bond donors (Lipinski definition) is 2. The summed E-state index contributed by atoms with van der Waals surface area (Å²) in [6.07, 6.45) is 3.16. The quantitative estimate of drug-likeness (QED) is 0.544. The Bertz CT molecular complexity index is 863. The van der Waals surface area contributed by atoms with E-state index in [4.69, 9.17) is 4.74 Å². The number of ether oxygens (including phenoxy) is 1. The lowest BCUT2D eigenvalue weighted by Gasteiger charge is -2.31. The molecule has 0 fully saturated rings.